The molecule has 0 amide bonds. The van der Waals surface area contributed by atoms with E-state index >= 15 is 0 Å². The summed E-state index contributed by atoms with van der Waals surface area (Å²) in [6, 6.07) is 6.79. The lowest BCUT2D eigenvalue weighted by Gasteiger charge is -2.41. The molecule has 1 heterocycles. The molecule has 104 valence electrons. The standard InChI is InChI=1S/C17H25NO/c1-17(2)7-5-14(11-18)15(10-17)12-3-4-16-13(9-12)6-8-19-16/h3-4,9,14-15H,5-8,10-11,18H2,1-2H3. The van der Waals surface area contributed by atoms with Crippen molar-refractivity contribution in [3.63, 3.8) is 0 Å². The van der Waals surface area contributed by atoms with Crippen molar-refractivity contribution in [3.05, 3.63) is 29.3 Å². The summed E-state index contributed by atoms with van der Waals surface area (Å²) in [4.78, 5) is 0. The molecule has 2 atom stereocenters. The van der Waals surface area contributed by atoms with Crippen LogP contribution in [0.4, 0.5) is 0 Å². The summed E-state index contributed by atoms with van der Waals surface area (Å²) < 4.78 is 5.61. The van der Waals surface area contributed by atoms with E-state index in [1.165, 1.54) is 30.4 Å². The topological polar surface area (TPSA) is 35.2 Å². The summed E-state index contributed by atoms with van der Waals surface area (Å²) in [5.41, 5.74) is 9.32. The quantitative estimate of drug-likeness (QED) is 0.882. The van der Waals surface area contributed by atoms with Crippen LogP contribution >= 0.6 is 0 Å². The first-order valence-electron chi connectivity index (χ1n) is 7.55. The molecule has 0 bridgehead atoms. The van der Waals surface area contributed by atoms with Gasteiger partial charge in [-0.2, -0.15) is 0 Å². The van der Waals surface area contributed by atoms with E-state index < -0.39 is 0 Å². The van der Waals surface area contributed by atoms with Gasteiger partial charge in [-0.15, -0.1) is 0 Å². The molecule has 1 aromatic carbocycles. The number of nitrogens with two attached hydrogens (primary N) is 1. The molecule has 1 aliphatic heterocycles. The summed E-state index contributed by atoms with van der Waals surface area (Å²) in [6.45, 7) is 6.44. The van der Waals surface area contributed by atoms with Crippen molar-refractivity contribution in [2.45, 2.75) is 45.4 Å². The normalized spacial score (nSPS) is 28.8. The van der Waals surface area contributed by atoms with Gasteiger partial charge in [-0.25, -0.2) is 0 Å². The summed E-state index contributed by atoms with van der Waals surface area (Å²) in [5, 5.41) is 0. The van der Waals surface area contributed by atoms with E-state index in [1.807, 2.05) is 0 Å². The third-order valence-corrected chi connectivity index (χ3v) is 4.98. The molecule has 0 aromatic heterocycles. The van der Waals surface area contributed by atoms with Crippen molar-refractivity contribution in [1.82, 2.24) is 0 Å². The number of rotatable bonds is 2. The van der Waals surface area contributed by atoms with Gasteiger partial charge in [-0.3, -0.25) is 0 Å². The third kappa shape index (κ3) is 2.51. The zero-order valence-electron chi connectivity index (χ0n) is 12.1. The van der Waals surface area contributed by atoms with Crippen molar-refractivity contribution < 1.29 is 4.74 Å². The molecule has 3 rings (SSSR count). The largest absolute Gasteiger partial charge is 0.493 e. The predicted molar refractivity (Wildman–Crippen MR) is 78.6 cm³/mol. The molecule has 19 heavy (non-hydrogen) atoms. The Balaban J connectivity index is 1.89. The van der Waals surface area contributed by atoms with Crippen LogP contribution in [0.5, 0.6) is 5.75 Å². The highest BCUT2D eigenvalue weighted by atomic mass is 16.5. The highest BCUT2D eigenvalue weighted by Gasteiger charge is 2.35. The molecule has 2 aliphatic rings. The number of benzene rings is 1. The molecule has 2 heteroatoms. The van der Waals surface area contributed by atoms with Gasteiger partial charge >= 0.3 is 0 Å². The Morgan fingerprint density at radius 2 is 2.21 bits per heavy atom. The van der Waals surface area contributed by atoms with Gasteiger partial charge in [0.05, 0.1) is 6.61 Å². The second-order valence-corrected chi connectivity index (χ2v) is 6.97. The Morgan fingerprint density at radius 1 is 1.37 bits per heavy atom. The van der Waals surface area contributed by atoms with Gasteiger partial charge in [0, 0.05) is 6.42 Å². The van der Waals surface area contributed by atoms with Gasteiger partial charge in [0.15, 0.2) is 0 Å². The van der Waals surface area contributed by atoms with E-state index in [9.17, 15) is 0 Å². The van der Waals surface area contributed by atoms with Crippen molar-refractivity contribution >= 4 is 0 Å². The molecule has 1 aliphatic carbocycles. The van der Waals surface area contributed by atoms with Gasteiger partial charge in [-0.1, -0.05) is 26.0 Å². The Kier molecular flexibility index (Phi) is 3.30. The third-order valence-electron chi connectivity index (χ3n) is 4.98. The zero-order chi connectivity index (χ0) is 13.5. The maximum atomic E-state index is 6.01. The first kappa shape index (κ1) is 13.0. The van der Waals surface area contributed by atoms with Crippen LogP contribution < -0.4 is 10.5 Å². The molecular weight excluding hydrogens is 234 g/mol. The summed E-state index contributed by atoms with van der Waals surface area (Å²) in [5.74, 6) is 2.36. The van der Waals surface area contributed by atoms with Crippen molar-refractivity contribution in [2.24, 2.45) is 17.1 Å². The van der Waals surface area contributed by atoms with Gasteiger partial charge < -0.3 is 10.5 Å². The van der Waals surface area contributed by atoms with Crippen LogP contribution in [0.15, 0.2) is 18.2 Å². The van der Waals surface area contributed by atoms with E-state index in [0.717, 1.165) is 25.3 Å². The highest BCUT2D eigenvalue weighted by molar-refractivity contribution is 5.41. The van der Waals surface area contributed by atoms with Gasteiger partial charge in [0.25, 0.3) is 0 Å². The van der Waals surface area contributed by atoms with Gasteiger partial charge in [-0.05, 0) is 60.3 Å². The van der Waals surface area contributed by atoms with Crippen molar-refractivity contribution in [2.75, 3.05) is 13.2 Å². The molecular formula is C17H25NO. The SMILES string of the molecule is CC1(C)CCC(CN)C(c2ccc3c(c2)CCO3)C1. The predicted octanol–water partition coefficient (Wildman–Crippen LogP) is 3.49. The molecule has 1 saturated carbocycles. The van der Waals surface area contributed by atoms with Crippen molar-refractivity contribution in [3.8, 4) is 5.75 Å². The average Bonchev–Trinajstić information content (AvgIpc) is 2.85. The van der Waals surface area contributed by atoms with Crippen LogP contribution in [0.2, 0.25) is 0 Å². The Morgan fingerprint density at radius 3 is 3.00 bits per heavy atom. The molecule has 1 fully saturated rings. The maximum absolute atomic E-state index is 6.01. The summed E-state index contributed by atoms with van der Waals surface area (Å²) in [6.07, 6.45) is 4.89. The minimum absolute atomic E-state index is 0.450. The number of hydrogen-bond acceptors (Lipinski definition) is 2. The molecule has 0 saturated heterocycles. The first-order valence-corrected chi connectivity index (χ1v) is 7.55. The molecule has 1 aromatic rings. The van der Waals surface area contributed by atoms with E-state index in [-0.39, 0.29) is 0 Å². The summed E-state index contributed by atoms with van der Waals surface area (Å²) >= 11 is 0. The Hall–Kier alpha value is -1.02. The van der Waals surface area contributed by atoms with Gasteiger partial charge in [0.1, 0.15) is 5.75 Å². The van der Waals surface area contributed by atoms with Crippen LogP contribution in [0.1, 0.15) is 50.2 Å². The fourth-order valence-corrected chi connectivity index (χ4v) is 3.75. The molecule has 0 spiro atoms. The summed E-state index contributed by atoms with van der Waals surface area (Å²) in [7, 11) is 0. The lowest BCUT2D eigenvalue weighted by Crippen LogP contribution is -2.32. The van der Waals surface area contributed by atoms with E-state index in [4.69, 9.17) is 10.5 Å². The molecule has 2 N–H and O–H groups in total. The lowest BCUT2D eigenvalue weighted by atomic mass is 9.65. The van der Waals surface area contributed by atoms with Crippen LogP contribution in [0, 0.1) is 11.3 Å². The maximum Gasteiger partial charge on any atom is 0.122 e. The fraction of sp³-hybridized carbons (Fsp3) is 0.647. The molecule has 0 radical (unpaired) electrons. The Bertz CT molecular complexity index is 466. The Labute approximate surface area is 116 Å². The highest BCUT2D eigenvalue weighted by Crippen LogP contribution is 2.47. The monoisotopic (exact) mass is 259 g/mol. The minimum atomic E-state index is 0.450. The molecule has 2 unspecified atom stereocenters. The van der Waals surface area contributed by atoms with E-state index in [2.05, 4.69) is 32.0 Å². The van der Waals surface area contributed by atoms with Crippen molar-refractivity contribution in [1.29, 1.82) is 0 Å². The van der Waals surface area contributed by atoms with Crippen LogP contribution in [0.25, 0.3) is 0 Å². The van der Waals surface area contributed by atoms with E-state index in [1.54, 1.807) is 0 Å². The fourth-order valence-electron chi connectivity index (χ4n) is 3.75. The zero-order valence-corrected chi connectivity index (χ0v) is 12.1. The lowest BCUT2D eigenvalue weighted by molar-refractivity contribution is 0.165. The van der Waals surface area contributed by atoms with Gasteiger partial charge in [0.2, 0.25) is 0 Å². The number of fused-ring (bicyclic) bond motifs is 1. The van der Waals surface area contributed by atoms with E-state index in [0.29, 0.717) is 17.3 Å². The average molecular weight is 259 g/mol. The smallest absolute Gasteiger partial charge is 0.122 e. The van der Waals surface area contributed by atoms with Crippen LogP contribution in [0.3, 0.4) is 0 Å². The first-order chi connectivity index (χ1) is 9.09. The van der Waals surface area contributed by atoms with Crippen LogP contribution in [-0.2, 0) is 6.42 Å². The number of hydrogen-bond donors (Lipinski definition) is 1. The number of ether oxygens (including phenoxy) is 1. The molecule has 2 nitrogen and oxygen atoms in total. The second-order valence-electron chi connectivity index (χ2n) is 6.97. The minimum Gasteiger partial charge on any atom is -0.493 e. The van der Waals surface area contributed by atoms with Crippen LogP contribution in [-0.4, -0.2) is 13.2 Å². The second kappa shape index (κ2) is 4.82.